The Hall–Kier alpha value is -2.86. The number of carbonyl (C=O) groups is 1. The molecule has 27 heavy (non-hydrogen) atoms. The number of rotatable bonds is 4. The van der Waals surface area contributed by atoms with Gasteiger partial charge < -0.3 is 5.32 Å². The number of para-hydroxylation sites is 2. The van der Waals surface area contributed by atoms with Crippen molar-refractivity contribution < 1.29 is 13.2 Å². The Bertz CT molecular complexity index is 1090. The maximum Gasteiger partial charge on any atom is 0.262 e. The molecule has 0 spiro atoms. The molecule has 0 aliphatic heterocycles. The fraction of sp³-hybridized carbons (Fsp3) is 0.190. The first-order chi connectivity index (χ1) is 12.7. The van der Waals surface area contributed by atoms with Gasteiger partial charge in [0.05, 0.1) is 16.3 Å². The third kappa shape index (κ3) is 4.11. The van der Waals surface area contributed by atoms with Crippen molar-refractivity contribution in [1.29, 1.82) is 0 Å². The second kappa shape index (κ2) is 7.04. The smallest absolute Gasteiger partial charge is 0.262 e. The summed E-state index contributed by atoms with van der Waals surface area (Å²) in [5.41, 5.74) is 0.144. The first kappa shape index (κ1) is 18.9. The standard InChI is InChI=1S/C21H22N2O3S/c1-21(2,3)20(24)22-17-12-6-7-13-18(17)23-27(25,26)19-14-8-10-15-9-4-5-11-16(15)19/h4-14,23H,1-3H3,(H,22,24). The van der Waals surface area contributed by atoms with E-state index in [0.29, 0.717) is 16.8 Å². The van der Waals surface area contributed by atoms with E-state index in [1.54, 1.807) is 69.3 Å². The van der Waals surface area contributed by atoms with Crippen LogP contribution in [0.5, 0.6) is 0 Å². The monoisotopic (exact) mass is 382 g/mol. The molecule has 0 heterocycles. The molecule has 3 aromatic rings. The van der Waals surface area contributed by atoms with Crippen LogP contribution in [0, 0.1) is 5.41 Å². The van der Waals surface area contributed by atoms with Gasteiger partial charge in [-0.2, -0.15) is 0 Å². The summed E-state index contributed by atoms with van der Waals surface area (Å²) in [6, 6.07) is 19.2. The molecule has 0 aromatic heterocycles. The van der Waals surface area contributed by atoms with Gasteiger partial charge in [-0.25, -0.2) is 8.42 Å². The Balaban J connectivity index is 1.99. The molecule has 140 valence electrons. The molecule has 1 amide bonds. The summed E-state index contributed by atoms with van der Waals surface area (Å²) >= 11 is 0. The topological polar surface area (TPSA) is 75.3 Å². The van der Waals surface area contributed by atoms with Crippen LogP contribution in [0.15, 0.2) is 71.6 Å². The molecule has 0 bridgehead atoms. The summed E-state index contributed by atoms with van der Waals surface area (Å²) in [7, 11) is -3.83. The second-order valence-electron chi connectivity index (χ2n) is 7.33. The van der Waals surface area contributed by atoms with Crippen molar-refractivity contribution in [2.75, 3.05) is 10.0 Å². The summed E-state index contributed by atoms with van der Waals surface area (Å²) in [6.07, 6.45) is 0. The first-order valence-corrected chi connectivity index (χ1v) is 10.1. The molecule has 0 saturated carbocycles. The van der Waals surface area contributed by atoms with Gasteiger partial charge in [-0.1, -0.05) is 69.3 Å². The van der Waals surface area contributed by atoms with Gasteiger partial charge in [0.2, 0.25) is 5.91 Å². The van der Waals surface area contributed by atoms with Crippen LogP contribution in [-0.4, -0.2) is 14.3 Å². The van der Waals surface area contributed by atoms with Crippen LogP contribution >= 0.6 is 0 Å². The van der Waals surface area contributed by atoms with Crippen LogP contribution in [-0.2, 0) is 14.8 Å². The van der Waals surface area contributed by atoms with E-state index < -0.39 is 15.4 Å². The van der Waals surface area contributed by atoms with E-state index >= 15 is 0 Å². The van der Waals surface area contributed by atoms with Gasteiger partial charge in [0.15, 0.2) is 0 Å². The largest absolute Gasteiger partial charge is 0.324 e. The third-order valence-corrected chi connectivity index (χ3v) is 5.56. The van der Waals surface area contributed by atoms with Gasteiger partial charge in [0, 0.05) is 10.8 Å². The van der Waals surface area contributed by atoms with Crippen LogP contribution in [0.4, 0.5) is 11.4 Å². The van der Waals surface area contributed by atoms with Crippen LogP contribution in [0.1, 0.15) is 20.8 Å². The van der Waals surface area contributed by atoms with E-state index in [1.165, 1.54) is 0 Å². The van der Waals surface area contributed by atoms with Gasteiger partial charge in [-0.05, 0) is 23.6 Å². The molecule has 3 aromatic carbocycles. The molecular weight excluding hydrogens is 360 g/mol. The third-order valence-electron chi connectivity index (χ3n) is 4.14. The highest BCUT2D eigenvalue weighted by Gasteiger charge is 2.23. The van der Waals surface area contributed by atoms with E-state index in [4.69, 9.17) is 0 Å². The zero-order valence-electron chi connectivity index (χ0n) is 15.5. The van der Waals surface area contributed by atoms with E-state index in [9.17, 15) is 13.2 Å². The second-order valence-corrected chi connectivity index (χ2v) is 8.98. The number of carbonyl (C=O) groups excluding carboxylic acids is 1. The Kier molecular flexibility index (Phi) is 4.93. The lowest BCUT2D eigenvalue weighted by Gasteiger charge is -2.20. The lowest BCUT2D eigenvalue weighted by atomic mass is 9.95. The molecule has 0 saturated heterocycles. The van der Waals surface area contributed by atoms with Crippen molar-refractivity contribution in [2.45, 2.75) is 25.7 Å². The zero-order chi connectivity index (χ0) is 19.7. The van der Waals surface area contributed by atoms with Crippen molar-refractivity contribution >= 4 is 38.1 Å². The highest BCUT2D eigenvalue weighted by Crippen LogP contribution is 2.29. The summed E-state index contributed by atoms with van der Waals surface area (Å²) in [5, 5.41) is 4.28. The van der Waals surface area contributed by atoms with Crippen LogP contribution in [0.2, 0.25) is 0 Å². The van der Waals surface area contributed by atoms with Gasteiger partial charge in [-0.3, -0.25) is 9.52 Å². The lowest BCUT2D eigenvalue weighted by Crippen LogP contribution is -2.28. The maximum atomic E-state index is 13.0. The molecule has 0 atom stereocenters. The van der Waals surface area contributed by atoms with Gasteiger partial charge in [-0.15, -0.1) is 0 Å². The summed E-state index contributed by atoms with van der Waals surface area (Å²) in [6.45, 7) is 5.39. The first-order valence-electron chi connectivity index (χ1n) is 8.59. The average Bonchev–Trinajstić information content (AvgIpc) is 2.62. The molecular formula is C21H22N2O3S. The van der Waals surface area contributed by atoms with E-state index in [1.807, 2.05) is 18.2 Å². The van der Waals surface area contributed by atoms with Crippen LogP contribution in [0.25, 0.3) is 10.8 Å². The highest BCUT2D eigenvalue weighted by atomic mass is 32.2. The van der Waals surface area contributed by atoms with Crippen LogP contribution in [0.3, 0.4) is 0 Å². The lowest BCUT2D eigenvalue weighted by molar-refractivity contribution is -0.123. The molecule has 2 N–H and O–H groups in total. The summed E-state index contributed by atoms with van der Waals surface area (Å²) in [4.78, 5) is 12.5. The molecule has 3 rings (SSSR count). The predicted octanol–water partition coefficient (Wildman–Crippen LogP) is 4.63. The van der Waals surface area contributed by atoms with Gasteiger partial charge in [0.1, 0.15) is 0 Å². The van der Waals surface area contributed by atoms with Gasteiger partial charge >= 0.3 is 0 Å². The van der Waals surface area contributed by atoms with Gasteiger partial charge in [0.25, 0.3) is 10.0 Å². The summed E-state index contributed by atoms with van der Waals surface area (Å²) < 4.78 is 28.7. The molecule has 0 radical (unpaired) electrons. The van der Waals surface area contributed by atoms with Crippen LogP contribution < -0.4 is 10.0 Å². The number of sulfonamides is 1. The zero-order valence-corrected chi connectivity index (χ0v) is 16.3. The van der Waals surface area contributed by atoms with Crippen molar-refractivity contribution in [3.8, 4) is 0 Å². The van der Waals surface area contributed by atoms with E-state index in [0.717, 1.165) is 5.39 Å². The summed E-state index contributed by atoms with van der Waals surface area (Å²) in [5.74, 6) is -0.195. The minimum Gasteiger partial charge on any atom is -0.324 e. The normalized spacial score (nSPS) is 12.0. The fourth-order valence-electron chi connectivity index (χ4n) is 2.62. The number of fused-ring (bicyclic) bond motifs is 1. The fourth-order valence-corrected chi connectivity index (χ4v) is 3.93. The molecule has 0 aliphatic carbocycles. The Labute approximate surface area is 159 Å². The number of amides is 1. The quantitative estimate of drug-likeness (QED) is 0.691. The Morgan fingerprint density at radius 2 is 1.41 bits per heavy atom. The highest BCUT2D eigenvalue weighted by molar-refractivity contribution is 7.93. The number of nitrogens with one attached hydrogen (secondary N) is 2. The van der Waals surface area contributed by atoms with E-state index in [-0.39, 0.29) is 10.8 Å². The Morgan fingerprint density at radius 1 is 0.815 bits per heavy atom. The average molecular weight is 382 g/mol. The minimum absolute atomic E-state index is 0.192. The van der Waals surface area contributed by atoms with Crippen molar-refractivity contribution in [3.05, 3.63) is 66.7 Å². The Morgan fingerprint density at radius 3 is 2.11 bits per heavy atom. The van der Waals surface area contributed by atoms with E-state index in [2.05, 4.69) is 10.0 Å². The molecule has 0 aliphatic rings. The number of hydrogen-bond donors (Lipinski definition) is 2. The molecule has 5 nitrogen and oxygen atoms in total. The van der Waals surface area contributed by atoms with Crippen molar-refractivity contribution in [1.82, 2.24) is 0 Å². The maximum absolute atomic E-state index is 13.0. The molecule has 0 unspecified atom stereocenters. The van der Waals surface area contributed by atoms with Crippen molar-refractivity contribution in [2.24, 2.45) is 5.41 Å². The minimum atomic E-state index is -3.83. The van der Waals surface area contributed by atoms with Crippen molar-refractivity contribution in [3.63, 3.8) is 0 Å². The molecule has 6 heteroatoms. The predicted molar refractivity (Wildman–Crippen MR) is 109 cm³/mol. The molecule has 0 fully saturated rings. The number of benzene rings is 3. The SMILES string of the molecule is CC(C)(C)C(=O)Nc1ccccc1NS(=O)(=O)c1cccc2ccccc12. The number of hydrogen-bond acceptors (Lipinski definition) is 3. The number of anilines is 2.